The van der Waals surface area contributed by atoms with Gasteiger partial charge in [0.1, 0.15) is 11.8 Å². The molecule has 1 unspecified atom stereocenters. The molecule has 0 radical (unpaired) electrons. The van der Waals surface area contributed by atoms with Crippen molar-refractivity contribution >= 4 is 11.9 Å². The predicted molar refractivity (Wildman–Crippen MR) is 85.0 cm³/mol. The van der Waals surface area contributed by atoms with Crippen molar-refractivity contribution in [3.05, 3.63) is 29.3 Å². The lowest BCUT2D eigenvalue weighted by atomic mass is 10.0. The van der Waals surface area contributed by atoms with Crippen molar-refractivity contribution in [2.24, 2.45) is 5.92 Å². The molecule has 1 aromatic carbocycles. The number of carbonyl (C=O) groups is 2. The number of hydrogen-bond donors (Lipinski definition) is 2. The molecule has 1 rings (SSSR count). The molecule has 5 nitrogen and oxygen atoms in total. The number of rotatable bonds is 6. The Hall–Kier alpha value is -2.04. The molecule has 0 aliphatic heterocycles. The van der Waals surface area contributed by atoms with Gasteiger partial charge in [0.05, 0.1) is 0 Å². The molecule has 0 aromatic heterocycles. The Kier molecular flexibility index (Phi) is 5.58. The van der Waals surface area contributed by atoms with Crippen molar-refractivity contribution in [1.29, 1.82) is 0 Å². The van der Waals surface area contributed by atoms with E-state index in [0.717, 1.165) is 11.1 Å². The Bertz CT molecular complexity index is 564. The van der Waals surface area contributed by atoms with Gasteiger partial charge in [-0.15, -0.1) is 0 Å². The normalized spacial score (nSPS) is 12.9. The maximum Gasteiger partial charge on any atom is 0.326 e. The molecule has 0 spiro atoms. The highest BCUT2D eigenvalue weighted by atomic mass is 16.5. The van der Waals surface area contributed by atoms with Crippen LogP contribution in [0.5, 0.6) is 5.75 Å². The first-order valence-electron chi connectivity index (χ1n) is 7.35. The van der Waals surface area contributed by atoms with Crippen LogP contribution in [0.4, 0.5) is 0 Å². The molecule has 0 bridgehead atoms. The average molecular weight is 307 g/mol. The molecular weight excluding hydrogens is 282 g/mol. The number of carbonyl (C=O) groups excluding carboxylic acids is 1. The Morgan fingerprint density at radius 2 is 1.82 bits per heavy atom. The average Bonchev–Trinajstić information content (AvgIpc) is 2.39. The van der Waals surface area contributed by atoms with Crippen molar-refractivity contribution in [1.82, 2.24) is 5.32 Å². The topological polar surface area (TPSA) is 75.6 Å². The summed E-state index contributed by atoms with van der Waals surface area (Å²) in [6.07, 6.45) is 0. The molecule has 1 aromatic rings. The summed E-state index contributed by atoms with van der Waals surface area (Å²) in [6, 6.07) is 4.69. The number of aryl methyl sites for hydroxylation is 1. The zero-order valence-electron chi connectivity index (χ0n) is 14.1. The molecule has 1 atom stereocenters. The van der Waals surface area contributed by atoms with Gasteiger partial charge in [-0.25, -0.2) is 4.79 Å². The van der Waals surface area contributed by atoms with Crippen LogP contribution in [-0.2, 0) is 9.59 Å². The quantitative estimate of drug-likeness (QED) is 0.847. The number of carboxylic acids is 1. The summed E-state index contributed by atoms with van der Waals surface area (Å²) in [5.41, 5.74) is 0.863. The van der Waals surface area contributed by atoms with E-state index in [1.54, 1.807) is 33.8 Å². The van der Waals surface area contributed by atoms with Gasteiger partial charge in [-0.1, -0.05) is 26.0 Å². The second kappa shape index (κ2) is 6.81. The van der Waals surface area contributed by atoms with Crippen LogP contribution in [0.2, 0.25) is 0 Å². The lowest BCUT2D eigenvalue weighted by Crippen LogP contribution is -2.53. The number of ether oxygens (including phenoxy) is 1. The summed E-state index contributed by atoms with van der Waals surface area (Å²) in [5, 5.41) is 11.7. The number of benzene rings is 1. The van der Waals surface area contributed by atoms with Crippen LogP contribution in [0.1, 0.15) is 38.8 Å². The second-order valence-corrected chi connectivity index (χ2v) is 6.34. The third-order valence-electron chi connectivity index (χ3n) is 3.69. The fourth-order valence-electron chi connectivity index (χ4n) is 1.98. The van der Waals surface area contributed by atoms with Gasteiger partial charge in [0.2, 0.25) is 0 Å². The van der Waals surface area contributed by atoms with Gasteiger partial charge in [-0.05, 0) is 50.8 Å². The summed E-state index contributed by atoms with van der Waals surface area (Å²) in [4.78, 5) is 23.6. The smallest absolute Gasteiger partial charge is 0.326 e. The van der Waals surface area contributed by atoms with E-state index in [-0.39, 0.29) is 5.92 Å². The number of amides is 1. The Balaban J connectivity index is 2.91. The van der Waals surface area contributed by atoms with Crippen LogP contribution in [-0.4, -0.2) is 28.6 Å². The van der Waals surface area contributed by atoms with E-state index in [2.05, 4.69) is 5.32 Å². The van der Waals surface area contributed by atoms with Gasteiger partial charge < -0.3 is 15.2 Å². The van der Waals surface area contributed by atoms with Crippen molar-refractivity contribution in [3.8, 4) is 5.75 Å². The predicted octanol–water partition coefficient (Wildman–Crippen LogP) is 2.69. The van der Waals surface area contributed by atoms with Crippen LogP contribution >= 0.6 is 0 Å². The maximum atomic E-state index is 12.4. The van der Waals surface area contributed by atoms with Crippen LogP contribution in [0.3, 0.4) is 0 Å². The third-order valence-corrected chi connectivity index (χ3v) is 3.69. The molecule has 2 N–H and O–H groups in total. The number of aliphatic carboxylic acids is 1. The number of nitrogens with one attached hydrogen (secondary N) is 1. The summed E-state index contributed by atoms with van der Waals surface area (Å²) >= 11 is 0. The molecule has 0 saturated carbocycles. The van der Waals surface area contributed by atoms with E-state index in [1.807, 2.05) is 26.0 Å². The van der Waals surface area contributed by atoms with Crippen LogP contribution < -0.4 is 10.1 Å². The van der Waals surface area contributed by atoms with E-state index in [9.17, 15) is 14.7 Å². The monoisotopic (exact) mass is 307 g/mol. The number of carboxylic acid groups (broad SMARTS) is 1. The van der Waals surface area contributed by atoms with E-state index in [4.69, 9.17) is 4.74 Å². The molecule has 5 heteroatoms. The first-order valence-corrected chi connectivity index (χ1v) is 7.35. The zero-order valence-corrected chi connectivity index (χ0v) is 14.1. The fraction of sp³-hybridized carbons (Fsp3) is 0.529. The Morgan fingerprint density at radius 1 is 1.23 bits per heavy atom. The standard InChI is InChI=1S/C17H25NO4/c1-10(2)14(15(19)20)18-16(21)17(5,6)22-13-9-7-8-11(3)12(13)4/h7-10,14H,1-6H3,(H,18,21)(H,19,20). The first kappa shape index (κ1) is 18.0. The molecule has 0 saturated heterocycles. The summed E-state index contributed by atoms with van der Waals surface area (Å²) in [7, 11) is 0. The minimum Gasteiger partial charge on any atom is -0.480 e. The van der Waals surface area contributed by atoms with Crippen molar-refractivity contribution in [3.63, 3.8) is 0 Å². The maximum absolute atomic E-state index is 12.4. The van der Waals surface area contributed by atoms with E-state index in [0.29, 0.717) is 5.75 Å². The lowest BCUT2D eigenvalue weighted by Gasteiger charge is -2.29. The summed E-state index contributed by atoms with van der Waals surface area (Å²) < 4.78 is 5.83. The molecule has 22 heavy (non-hydrogen) atoms. The SMILES string of the molecule is Cc1cccc(OC(C)(C)C(=O)NC(C(=O)O)C(C)C)c1C. The highest BCUT2D eigenvalue weighted by molar-refractivity contribution is 5.89. The van der Waals surface area contributed by atoms with Crippen molar-refractivity contribution in [2.45, 2.75) is 53.2 Å². The number of hydrogen-bond acceptors (Lipinski definition) is 3. The molecule has 0 aliphatic rings. The molecule has 0 heterocycles. The summed E-state index contributed by atoms with van der Waals surface area (Å²) in [6.45, 7) is 10.6. The molecule has 122 valence electrons. The molecular formula is C17H25NO4. The van der Waals surface area contributed by atoms with E-state index >= 15 is 0 Å². The van der Waals surface area contributed by atoms with Gasteiger partial charge >= 0.3 is 5.97 Å². The van der Waals surface area contributed by atoms with Crippen LogP contribution in [0.15, 0.2) is 18.2 Å². The molecule has 0 aliphatic carbocycles. The third kappa shape index (κ3) is 4.23. The minimum atomic E-state index is -1.17. The molecule has 0 fully saturated rings. The Labute approximate surface area is 131 Å². The van der Waals surface area contributed by atoms with Crippen molar-refractivity contribution in [2.75, 3.05) is 0 Å². The highest BCUT2D eigenvalue weighted by Crippen LogP contribution is 2.25. The summed E-state index contributed by atoms with van der Waals surface area (Å²) in [5.74, 6) is -1.09. The first-order chi connectivity index (χ1) is 10.1. The van der Waals surface area contributed by atoms with E-state index < -0.39 is 23.5 Å². The second-order valence-electron chi connectivity index (χ2n) is 6.34. The van der Waals surface area contributed by atoms with Gasteiger partial charge in [-0.2, -0.15) is 0 Å². The highest BCUT2D eigenvalue weighted by Gasteiger charge is 2.34. The minimum absolute atomic E-state index is 0.210. The van der Waals surface area contributed by atoms with E-state index in [1.165, 1.54) is 0 Å². The Morgan fingerprint density at radius 3 is 2.32 bits per heavy atom. The largest absolute Gasteiger partial charge is 0.480 e. The van der Waals surface area contributed by atoms with Gasteiger partial charge in [0.25, 0.3) is 5.91 Å². The van der Waals surface area contributed by atoms with Crippen LogP contribution in [0, 0.1) is 19.8 Å². The lowest BCUT2D eigenvalue weighted by molar-refractivity contribution is -0.146. The fourth-order valence-corrected chi connectivity index (χ4v) is 1.98. The van der Waals surface area contributed by atoms with Crippen LogP contribution in [0.25, 0.3) is 0 Å². The van der Waals surface area contributed by atoms with Gasteiger partial charge in [0.15, 0.2) is 5.60 Å². The van der Waals surface area contributed by atoms with Gasteiger partial charge in [0, 0.05) is 0 Å². The molecule has 1 amide bonds. The van der Waals surface area contributed by atoms with Crippen molar-refractivity contribution < 1.29 is 19.4 Å². The van der Waals surface area contributed by atoms with Gasteiger partial charge in [-0.3, -0.25) is 4.79 Å². The zero-order chi connectivity index (χ0) is 17.1.